The molecule has 1 aromatic carbocycles. The van der Waals surface area contributed by atoms with Gasteiger partial charge in [0.2, 0.25) is 5.91 Å². The van der Waals surface area contributed by atoms with Crippen LogP contribution in [0.25, 0.3) is 0 Å². The lowest BCUT2D eigenvalue weighted by atomic mass is 10.1. The third kappa shape index (κ3) is 4.77. The van der Waals surface area contributed by atoms with E-state index < -0.39 is 0 Å². The zero-order valence-corrected chi connectivity index (χ0v) is 12.2. The number of morpholine rings is 1. The van der Waals surface area contributed by atoms with Gasteiger partial charge in [0.25, 0.3) is 0 Å². The van der Waals surface area contributed by atoms with Crippen LogP contribution in [0.2, 0.25) is 0 Å². The number of ether oxygens (including phenoxy) is 1. The van der Waals surface area contributed by atoms with E-state index in [1.54, 1.807) is 12.1 Å². The van der Waals surface area contributed by atoms with Gasteiger partial charge in [-0.25, -0.2) is 4.39 Å². The number of benzene rings is 1. The van der Waals surface area contributed by atoms with Crippen molar-refractivity contribution in [3.8, 4) is 0 Å². The maximum atomic E-state index is 12.9. The average molecular weight is 295 g/mol. The van der Waals surface area contributed by atoms with Gasteiger partial charge in [0.15, 0.2) is 0 Å². The van der Waals surface area contributed by atoms with Crippen molar-refractivity contribution in [2.75, 3.05) is 32.8 Å². The van der Waals surface area contributed by atoms with Crippen molar-refractivity contribution in [1.82, 2.24) is 10.2 Å². The van der Waals surface area contributed by atoms with E-state index >= 15 is 0 Å². The molecule has 0 aliphatic carbocycles. The molecule has 2 unspecified atom stereocenters. The van der Waals surface area contributed by atoms with E-state index in [0.29, 0.717) is 26.2 Å². The van der Waals surface area contributed by atoms with Crippen LogP contribution < -0.4 is 11.1 Å². The quantitative estimate of drug-likeness (QED) is 0.837. The first-order chi connectivity index (χ1) is 10.1. The molecule has 0 bridgehead atoms. The first-order valence-corrected chi connectivity index (χ1v) is 7.17. The molecular formula is C15H22FN3O2. The molecule has 1 heterocycles. The van der Waals surface area contributed by atoms with Crippen LogP contribution in [-0.2, 0) is 9.53 Å². The molecular weight excluding hydrogens is 273 g/mol. The van der Waals surface area contributed by atoms with Gasteiger partial charge in [0, 0.05) is 19.6 Å². The standard InChI is InChI=1S/C15H22FN3O2/c1-11(12-2-4-13(16)5-3-12)18-15(20)10-19-6-7-21-14(8-17)9-19/h2-5,11,14H,6-10,17H2,1H3,(H,18,20). The van der Waals surface area contributed by atoms with E-state index in [-0.39, 0.29) is 23.9 Å². The van der Waals surface area contributed by atoms with E-state index in [9.17, 15) is 9.18 Å². The van der Waals surface area contributed by atoms with Crippen LogP contribution in [0.3, 0.4) is 0 Å². The summed E-state index contributed by atoms with van der Waals surface area (Å²) in [6, 6.07) is 6.00. The summed E-state index contributed by atoms with van der Waals surface area (Å²) >= 11 is 0. The summed E-state index contributed by atoms with van der Waals surface area (Å²) in [7, 11) is 0. The molecule has 2 rings (SSSR count). The van der Waals surface area contributed by atoms with Crippen molar-refractivity contribution >= 4 is 5.91 Å². The number of amides is 1. The first-order valence-electron chi connectivity index (χ1n) is 7.17. The average Bonchev–Trinajstić information content (AvgIpc) is 2.47. The van der Waals surface area contributed by atoms with Crippen molar-refractivity contribution in [3.05, 3.63) is 35.6 Å². The number of carbonyl (C=O) groups is 1. The van der Waals surface area contributed by atoms with Crippen molar-refractivity contribution < 1.29 is 13.9 Å². The van der Waals surface area contributed by atoms with E-state index in [4.69, 9.17) is 10.5 Å². The number of rotatable bonds is 5. The highest BCUT2D eigenvalue weighted by atomic mass is 19.1. The number of hydrogen-bond acceptors (Lipinski definition) is 4. The Morgan fingerprint density at radius 3 is 2.90 bits per heavy atom. The smallest absolute Gasteiger partial charge is 0.234 e. The summed E-state index contributed by atoms with van der Waals surface area (Å²) in [5, 5.41) is 2.92. The van der Waals surface area contributed by atoms with E-state index in [2.05, 4.69) is 5.32 Å². The molecule has 1 aromatic rings. The van der Waals surface area contributed by atoms with E-state index in [1.807, 2.05) is 11.8 Å². The van der Waals surface area contributed by atoms with Crippen LogP contribution in [-0.4, -0.2) is 49.7 Å². The summed E-state index contributed by atoms with van der Waals surface area (Å²) in [6.07, 6.45) is 0.000993. The molecule has 1 amide bonds. The van der Waals surface area contributed by atoms with Gasteiger partial charge in [0.05, 0.1) is 25.3 Å². The SMILES string of the molecule is CC(NC(=O)CN1CCOC(CN)C1)c1ccc(F)cc1. The predicted octanol–water partition coefficient (Wildman–Crippen LogP) is 0.662. The lowest BCUT2D eigenvalue weighted by molar-refractivity contribution is -0.124. The van der Waals surface area contributed by atoms with Gasteiger partial charge in [-0.05, 0) is 24.6 Å². The molecule has 1 aliphatic heterocycles. The second kappa shape index (κ2) is 7.49. The Kier molecular flexibility index (Phi) is 5.67. The monoisotopic (exact) mass is 295 g/mol. The zero-order chi connectivity index (χ0) is 15.2. The molecule has 0 aromatic heterocycles. The molecule has 0 radical (unpaired) electrons. The van der Waals surface area contributed by atoms with Crippen LogP contribution in [0.1, 0.15) is 18.5 Å². The summed E-state index contributed by atoms with van der Waals surface area (Å²) in [5.74, 6) is -0.331. The molecule has 21 heavy (non-hydrogen) atoms. The molecule has 1 aliphatic rings. The normalized spacial score (nSPS) is 21.0. The lowest BCUT2D eigenvalue weighted by Gasteiger charge is -2.32. The van der Waals surface area contributed by atoms with Crippen molar-refractivity contribution in [2.24, 2.45) is 5.73 Å². The van der Waals surface area contributed by atoms with Crippen molar-refractivity contribution in [3.63, 3.8) is 0 Å². The maximum absolute atomic E-state index is 12.9. The molecule has 6 heteroatoms. The van der Waals surface area contributed by atoms with Crippen molar-refractivity contribution in [1.29, 1.82) is 0 Å². The fourth-order valence-electron chi connectivity index (χ4n) is 2.39. The Labute approximate surface area is 124 Å². The fraction of sp³-hybridized carbons (Fsp3) is 0.533. The Morgan fingerprint density at radius 1 is 1.52 bits per heavy atom. The maximum Gasteiger partial charge on any atom is 0.234 e. The number of hydrogen-bond donors (Lipinski definition) is 2. The summed E-state index contributed by atoms with van der Waals surface area (Å²) < 4.78 is 18.3. The van der Waals surface area contributed by atoms with Crippen molar-refractivity contribution in [2.45, 2.75) is 19.1 Å². The number of halogens is 1. The Balaban J connectivity index is 1.82. The lowest BCUT2D eigenvalue weighted by Crippen LogP contribution is -2.49. The zero-order valence-electron chi connectivity index (χ0n) is 12.2. The highest BCUT2D eigenvalue weighted by Gasteiger charge is 2.21. The topological polar surface area (TPSA) is 67.6 Å². The number of nitrogens with two attached hydrogens (primary N) is 1. The van der Waals surface area contributed by atoms with Gasteiger partial charge in [-0.15, -0.1) is 0 Å². The van der Waals surface area contributed by atoms with Gasteiger partial charge < -0.3 is 15.8 Å². The molecule has 1 saturated heterocycles. The van der Waals surface area contributed by atoms with E-state index in [1.165, 1.54) is 12.1 Å². The minimum absolute atomic E-state index is 0.000993. The van der Waals surface area contributed by atoms with Gasteiger partial charge >= 0.3 is 0 Å². The van der Waals surface area contributed by atoms with Crippen LogP contribution >= 0.6 is 0 Å². The highest BCUT2D eigenvalue weighted by Crippen LogP contribution is 2.13. The second-order valence-electron chi connectivity index (χ2n) is 5.30. The summed E-state index contributed by atoms with van der Waals surface area (Å²) in [5.41, 5.74) is 6.46. The van der Waals surface area contributed by atoms with Crippen LogP contribution in [0.5, 0.6) is 0 Å². The first kappa shape index (κ1) is 15.9. The van der Waals surface area contributed by atoms with Gasteiger partial charge in [-0.1, -0.05) is 12.1 Å². The molecule has 0 spiro atoms. The minimum atomic E-state index is -0.279. The van der Waals surface area contributed by atoms with Gasteiger partial charge in [0.1, 0.15) is 5.82 Å². The Morgan fingerprint density at radius 2 is 2.24 bits per heavy atom. The summed E-state index contributed by atoms with van der Waals surface area (Å²) in [6.45, 7) is 4.68. The number of carbonyl (C=O) groups excluding carboxylic acids is 1. The second-order valence-corrected chi connectivity index (χ2v) is 5.30. The summed E-state index contributed by atoms with van der Waals surface area (Å²) in [4.78, 5) is 14.1. The third-order valence-electron chi connectivity index (χ3n) is 3.60. The molecule has 0 saturated carbocycles. The Bertz CT molecular complexity index is 466. The molecule has 2 atom stereocenters. The molecule has 3 N–H and O–H groups in total. The highest BCUT2D eigenvalue weighted by molar-refractivity contribution is 5.78. The van der Waals surface area contributed by atoms with Crippen LogP contribution in [0.15, 0.2) is 24.3 Å². The largest absolute Gasteiger partial charge is 0.374 e. The fourth-order valence-corrected chi connectivity index (χ4v) is 2.39. The van der Waals surface area contributed by atoms with Crippen LogP contribution in [0, 0.1) is 5.82 Å². The van der Waals surface area contributed by atoms with Crippen LogP contribution in [0.4, 0.5) is 4.39 Å². The third-order valence-corrected chi connectivity index (χ3v) is 3.60. The molecule has 1 fully saturated rings. The number of nitrogens with one attached hydrogen (secondary N) is 1. The van der Waals surface area contributed by atoms with Gasteiger partial charge in [-0.3, -0.25) is 9.69 Å². The predicted molar refractivity (Wildman–Crippen MR) is 78.2 cm³/mol. The molecule has 5 nitrogen and oxygen atoms in total. The minimum Gasteiger partial charge on any atom is -0.374 e. The van der Waals surface area contributed by atoms with E-state index in [0.717, 1.165) is 12.1 Å². The molecule has 116 valence electrons. The Hall–Kier alpha value is -1.50. The number of nitrogens with zero attached hydrogens (tertiary/aromatic N) is 1. The van der Waals surface area contributed by atoms with Gasteiger partial charge in [-0.2, -0.15) is 0 Å².